The van der Waals surface area contributed by atoms with Crippen molar-refractivity contribution >= 4 is 0 Å². The van der Waals surface area contributed by atoms with Crippen LogP contribution in [0.25, 0.3) is 0 Å². The first-order chi connectivity index (χ1) is 6.91. The zero-order valence-corrected chi connectivity index (χ0v) is 9.67. The van der Waals surface area contributed by atoms with E-state index >= 15 is 0 Å². The van der Waals surface area contributed by atoms with Crippen molar-refractivity contribution in [2.75, 3.05) is 0 Å². The molecule has 0 amide bonds. The van der Waals surface area contributed by atoms with Crippen molar-refractivity contribution in [1.29, 1.82) is 0 Å². The van der Waals surface area contributed by atoms with Crippen LogP contribution >= 0.6 is 0 Å². The first-order valence-electron chi connectivity index (χ1n) is 5.50. The first kappa shape index (κ1) is 10.5. The van der Waals surface area contributed by atoms with Crippen molar-refractivity contribution in [3.05, 3.63) is 29.8 Å². The third kappa shape index (κ3) is 2.00. The van der Waals surface area contributed by atoms with Gasteiger partial charge in [-0.25, -0.2) is 0 Å². The lowest BCUT2D eigenvalue weighted by atomic mass is 9.90. The number of hydrogen-bond donors (Lipinski definition) is 2. The fraction of sp³-hybridized carbons (Fsp3) is 0.538. The summed E-state index contributed by atoms with van der Waals surface area (Å²) in [4.78, 5) is 0. The Morgan fingerprint density at radius 3 is 2.13 bits per heavy atom. The van der Waals surface area contributed by atoms with Gasteiger partial charge in [-0.05, 0) is 51.3 Å². The molecular weight excluding hydrogens is 186 g/mol. The highest BCUT2D eigenvalue weighted by atomic mass is 16.3. The Balaban J connectivity index is 2.27. The topological polar surface area (TPSA) is 32.3 Å². The number of benzene rings is 1. The van der Waals surface area contributed by atoms with E-state index in [9.17, 15) is 5.11 Å². The second-order valence-corrected chi connectivity index (χ2v) is 5.39. The first-order valence-corrected chi connectivity index (χ1v) is 5.50. The summed E-state index contributed by atoms with van der Waals surface area (Å²) >= 11 is 0. The summed E-state index contributed by atoms with van der Waals surface area (Å²) in [5.41, 5.74) is 1.52. The highest BCUT2D eigenvalue weighted by Gasteiger charge is 2.39. The summed E-state index contributed by atoms with van der Waals surface area (Å²) < 4.78 is 0. The molecule has 1 aromatic carbocycles. The van der Waals surface area contributed by atoms with Gasteiger partial charge in [-0.3, -0.25) is 0 Å². The molecule has 2 heteroatoms. The Morgan fingerprint density at radius 1 is 1.07 bits per heavy atom. The van der Waals surface area contributed by atoms with Gasteiger partial charge in [0.05, 0.1) is 0 Å². The molecule has 0 radical (unpaired) electrons. The van der Waals surface area contributed by atoms with Crippen LogP contribution in [-0.4, -0.2) is 10.6 Å². The van der Waals surface area contributed by atoms with Crippen LogP contribution in [-0.2, 0) is 5.54 Å². The molecule has 1 aromatic rings. The summed E-state index contributed by atoms with van der Waals surface area (Å²) in [5.74, 6) is 0.333. The minimum atomic E-state index is 0.0528. The Bertz CT molecular complexity index is 355. The second-order valence-electron chi connectivity index (χ2n) is 5.39. The normalized spacial score (nSPS) is 29.3. The Labute approximate surface area is 91.3 Å². The molecule has 0 bridgehead atoms. The van der Waals surface area contributed by atoms with Crippen molar-refractivity contribution in [2.24, 2.45) is 0 Å². The summed E-state index contributed by atoms with van der Waals surface area (Å²) in [6, 6.07) is 7.52. The number of hydrogen-bond acceptors (Lipinski definition) is 2. The van der Waals surface area contributed by atoms with Crippen LogP contribution in [0.3, 0.4) is 0 Å². The van der Waals surface area contributed by atoms with Gasteiger partial charge in [-0.2, -0.15) is 0 Å². The van der Waals surface area contributed by atoms with Gasteiger partial charge < -0.3 is 10.4 Å². The molecule has 1 atom stereocenters. The standard InChI is InChI=1S/C13H19NO/c1-12(2)8-9-13(3,14-12)10-4-6-11(15)7-5-10/h4-7,14-15H,8-9H2,1-3H3. The average Bonchev–Trinajstić information content (AvgIpc) is 2.43. The average molecular weight is 205 g/mol. The van der Waals surface area contributed by atoms with Crippen molar-refractivity contribution in [1.82, 2.24) is 5.32 Å². The maximum absolute atomic E-state index is 9.27. The van der Waals surface area contributed by atoms with E-state index in [2.05, 4.69) is 26.1 Å². The fourth-order valence-electron chi connectivity index (χ4n) is 2.48. The lowest BCUT2D eigenvalue weighted by Crippen LogP contribution is -2.43. The van der Waals surface area contributed by atoms with E-state index in [0.717, 1.165) is 6.42 Å². The zero-order valence-electron chi connectivity index (χ0n) is 9.67. The van der Waals surface area contributed by atoms with Gasteiger partial charge in [0.1, 0.15) is 5.75 Å². The maximum Gasteiger partial charge on any atom is 0.115 e. The monoisotopic (exact) mass is 205 g/mol. The van der Waals surface area contributed by atoms with Crippen molar-refractivity contribution in [3.63, 3.8) is 0 Å². The summed E-state index contributed by atoms with van der Waals surface area (Å²) in [5, 5.41) is 12.9. The molecule has 1 aliphatic heterocycles. The number of phenols is 1. The zero-order chi connectivity index (χ0) is 11.1. The maximum atomic E-state index is 9.27. The van der Waals surface area contributed by atoms with Gasteiger partial charge in [-0.1, -0.05) is 12.1 Å². The van der Waals surface area contributed by atoms with Crippen molar-refractivity contribution in [3.8, 4) is 5.75 Å². The van der Waals surface area contributed by atoms with E-state index in [0.29, 0.717) is 5.75 Å². The van der Waals surface area contributed by atoms with E-state index < -0.39 is 0 Å². The number of phenolic OH excluding ortho intramolecular Hbond substituents is 1. The Morgan fingerprint density at radius 2 is 1.67 bits per heavy atom. The van der Waals surface area contributed by atoms with E-state index in [1.165, 1.54) is 12.0 Å². The van der Waals surface area contributed by atoms with E-state index in [4.69, 9.17) is 0 Å². The molecule has 2 rings (SSSR count). The van der Waals surface area contributed by atoms with Gasteiger partial charge in [-0.15, -0.1) is 0 Å². The van der Waals surface area contributed by atoms with E-state index in [1.807, 2.05) is 12.1 Å². The fourth-order valence-corrected chi connectivity index (χ4v) is 2.48. The molecule has 0 spiro atoms. The molecule has 2 nitrogen and oxygen atoms in total. The van der Waals surface area contributed by atoms with Crippen LogP contribution < -0.4 is 5.32 Å². The SMILES string of the molecule is CC1(C)CCC(C)(c2ccc(O)cc2)N1. The number of nitrogens with one attached hydrogen (secondary N) is 1. The molecule has 1 aliphatic rings. The second kappa shape index (κ2) is 3.24. The molecule has 82 valence electrons. The van der Waals surface area contributed by atoms with Gasteiger partial charge >= 0.3 is 0 Å². The van der Waals surface area contributed by atoms with Crippen LogP contribution in [0.2, 0.25) is 0 Å². The smallest absolute Gasteiger partial charge is 0.115 e. The van der Waals surface area contributed by atoms with Crippen LogP contribution in [0.4, 0.5) is 0 Å². The lowest BCUT2D eigenvalue weighted by molar-refractivity contribution is 0.353. The van der Waals surface area contributed by atoms with E-state index in [-0.39, 0.29) is 11.1 Å². The molecule has 1 unspecified atom stereocenters. The van der Waals surface area contributed by atoms with Gasteiger partial charge in [0.2, 0.25) is 0 Å². The largest absolute Gasteiger partial charge is 0.508 e. The third-order valence-electron chi connectivity index (χ3n) is 3.37. The summed E-state index contributed by atoms with van der Waals surface area (Å²) in [7, 11) is 0. The van der Waals surface area contributed by atoms with Crippen LogP contribution in [0, 0.1) is 0 Å². The summed E-state index contributed by atoms with van der Waals surface area (Å²) in [6.45, 7) is 6.70. The highest BCUT2D eigenvalue weighted by molar-refractivity contribution is 5.32. The Kier molecular flexibility index (Phi) is 2.27. The predicted octanol–water partition coefficient (Wildman–Crippen LogP) is 2.77. The molecule has 1 saturated heterocycles. The summed E-state index contributed by atoms with van der Waals surface area (Å²) in [6.07, 6.45) is 2.33. The van der Waals surface area contributed by atoms with Crippen molar-refractivity contribution < 1.29 is 5.11 Å². The highest BCUT2D eigenvalue weighted by Crippen LogP contribution is 2.37. The number of aromatic hydroxyl groups is 1. The quantitative estimate of drug-likeness (QED) is 0.739. The molecule has 1 heterocycles. The molecule has 15 heavy (non-hydrogen) atoms. The van der Waals surface area contributed by atoms with Gasteiger partial charge in [0.25, 0.3) is 0 Å². The number of rotatable bonds is 1. The molecule has 1 fully saturated rings. The van der Waals surface area contributed by atoms with Crippen LogP contribution in [0.15, 0.2) is 24.3 Å². The van der Waals surface area contributed by atoms with E-state index in [1.54, 1.807) is 12.1 Å². The molecule has 0 aliphatic carbocycles. The minimum absolute atomic E-state index is 0.0528. The van der Waals surface area contributed by atoms with Crippen LogP contribution in [0.1, 0.15) is 39.2 Å². The molecule has 2 N–H and O–H groups in total. The van der Waals surface area contributed by atoms with Crippen molar-refractivity contribution in [2.45, 2.75) is 44.7 Å². The van der Waals surface area contributed by atoms with Gasteiger partial charge in [0, 0.05) is 11.1 Å². The molecule has 0 aromatic heterocycles. The third-order valence-corrected chi connectivity index (χ3v) is 3.37. The van der Waals surface area contributed by atoms with Crippen LogP contribution in [0.5, 0.6) is 5.75 Å². The molecule has 0 saturated carbocycles. The molecular formula is C13H19NO. The van der Waals surface area contributed by atoms with Gasteiger partial charge in [0.15, 0.2) is 0 Å². The Hall–Kier alpha value is -1.02. The lowest BCUT2D eigenvalue weighted by Gasteiger charge is -2.29. The predicted molar refractivity (Wildman–Crippen MR) is 61.9 cm³/mol. The minimum Gasteiger partial charge on any atom is -0.508 e.